The van der Waals surface area contributed by atoms with Crippen molar-refractivity contribution < 1.29 is 30.4 Å². The molecule has 0 rings (SSSR count). The molecule has 1 radical (unpaired) electrons. The average Bonchev–Trinajstić information content (AvgIpc) is 3.03. The summed E-state index contributed by atoms with van der Waals surface area (Å²) in [5.74, 6) is -1.57. The van der Waals surface area contributed by atoms with Crippen LogP contribution in [0, 0.1) is 11.8 Å². The fourth-order valence-electron chi connectivity index (χ4n) is 5.60. The molecule has 0 aromatic rings. The second kappa shape index (κ2) is 32.7. The summed E-state index contributed by atoms with van der Waals surface area (Å²) in [6.07, 6.45) is 24.8. The Morgan fingerprint density at radius 1 is 0.367 bits per heavy atom. The van der Waals surface area contributed by atoms with Gasteiger partial charge in [-0.25, -0.2) is 0 Å². The van der Waals surface area contributed by atoms with Gasteiger partial charge in [-0.3, -0.25) is 0 Å². The van der Waals surface area contributed by atoms with Gasteiger partial charge in [0, 0.05) is 0 Å². The topological polar surface area (TPSA) is 105 Å². The van der Waals surface area contributed by atoms with E-state index in [1.807, 2.05) is 0 Å². The normalized spacial score (nSPS) is 11.6. The van der Waals surface area contributed by atoms with Crippen molar-refractivity contribution in [3.8, 4) is 0 Å². The first kappa shape index (κ1) is 47.8. The second-order valence-corrected chi connectivity index (χ2v) is 21.1. The van der Waals surface area contributed by atoms with Crippen LogP contribution in [0.4, 0.5) is 0 Å². The van der Waals surface area contributed by atoms with Crippen LogP contribution in [0.15, 0.2) is 0 Å². The molecule has 0 atom stereocenters. The predicted molar refractivity (Wildman–Crippen MR) is 200 cm³/mol. The van der Waals surface area contributed by atoms with E-state index < -0.39 is 45.9 Å². The van der Waals surface area contributed by atoms with E-state index in [9.17, 15) is 19.2 Å². The average molecular weight is 894 g/mol. The molecular weight excluding hydrogens is 817 g/mol. The molecule has 0 saturated heterocycles. The number of rotatable bonds is 34. The summed E-state index contributed by atoms with van der Waals surface area (Å²) in [5.41, 5.74) is 0. The minimum atomic E-state index is -5.87. The molecule has 0 bridgehead atoms. The van der Waals surface area contributed by atoms with Crippen LogP contribution < -0.4 is 0 Å². The predicted octanol–water partition coefficient (Wildman–Crippen LogP) is 11.9. The Bertz CT molecular complexity index is 776. The molecule has 0 amide bonds. The summed E-state index contributed by atoms with van der Waals surface area (Å²) in [6, 6.07) is 0. The Labute approximate surface area is 308 Å². The van der Waals surface area contributed by atoms with Crippen molar-refractivity contribution in [2.24, 2.45) is 11.8 Å². The number of hydrogen-bond acceptors (Lipinski definition) is 8. The van der Waals surface area contributed by atoms with Crippen LogP contribution in [-0.4, -0.2) is 45.9 Å². The van der Waals surface area contributed by atoms with Gasteiger partial charge in [-0.1, -0.05) is 13.8 Å². The molecule has 0 aliphatic carbocycles. The molecule has 289 valence electrons. The molecule has 0 saturated carbocycles. The Hall–Kier alpha value is -1.24. The number of hydrogen-bond donors (Lipinski definition) is 0. The summed E-state index contributed by atoms with van der Waals surface area (Å²) in [5, 5.41) is 0. The van der Waals surface area contributed by atoms with Gasteiger partial charge in [0.1, 0.15) is 0 Å². The fourth-order valence-corrected chi connectivity index (χ4v) is 11.8. The molecule has 0 spiro atoms. The van der Waals surface area contributed by atoms with E-state index in [-0.39, 0.29) is 25.7 Å². The summed E-state index contributed by atoms with van der Waals surface area (Å²) in [6.45, 7) is 12.9. The molecule has 0 N–H and O–H groups in total. The molecule has 0 aliphatic rings. The molecular formula is C40H76BiO8. The third-order valence-electron chi connectivity index (χ3n) is 8.65. The monoisotopic (exact) mass is 894 g/mol. The van der Waals surface area contributed by atoms with E-state index in [1.165, 1.54) is 64.2 Å². The summed E-state index contributed by atoms with van der Waals surface area (Å²) >= 11 is -5.87. The Kier molecular flexibility index (Phi) is 31.8. The van der Waals surface area contributed by atoms with Crippen molar-refractivity contribution in [2.45, 2.75) is 221 Å². The Balaban J connectivity index is 5.49. The minimum absolute atomic E-state index is 0.0737. The van der Waals surface area contributed by atoms with Crippen LogP contribution in [0.25, 0.3) is 0 Å². The van der Waals surface area contributed by atoms with Gasteiger partial charge >= 0.3 is 296 Å². The van der Waals surface area contributed by atoms with Gasteiger partial charge in [0.15, 0.2) is 0 Å². The van der Waals surface area contributed by atoms with Crippen molar-refractivity contribution in [3.05, 3.63) is 0 Å². The van der Waals surface area contributed by atoms with Gasteiger partial charge in [0.25, 0.3) is 0 Å². The van der Waals surface area contributed by atoms with Crippen molar-refractivity contribution in [2.75, 3.05) is 0 Å². The third-order valence-corrected chi connectivity index (χ3v) is 15.3. The standard InChI is InChI=1S/2C12H24O2.2C8H16O2.Bi/c2*1-2-3-4-5-6-7-8-9-10-11-12(13)14;2*1-7(2)5-3-4-6-8(9)10;/h2*2-11H2,1H3,(H,13,14);2*7H,3-6H2,1-2H3,(H,9,10);/q;;;;+4/p-4. The first-order valence-electron chi connectivity index (χ1n) is 20.3. The molecule has 0 aromatic heterocycles. The number of carbonyl (C=O) groups excluding carboxylic acids is 4. The van der Waals surface area contributed by atoms with Crippen LogP contribution in [0.2, 0.25) is 0 Å². The number of unbranched alkanes of at least 4 members (excludes halogenated alkanes) is 18. The fraction of sp³-hybridized carbons (Fsp3) is 0.900. The number of carbonyl (C=O) groups is 4. The van der Waals surface area contributed by atoms with Gasteiger partial charge in [-0.15, -0.1) is 0 Å². The first-order chi connectivity index (χ1) is 23.5. The maximum absolute atomic E-state index is 13.2. The molecule has 9 heteroatoms. The molecule has 8 nitrogen and oxygen atoms in total. The molecule has 0 unspecified atom stereocenters. The van der Waals surface area contributed by atoms with Crippen molar-refractivity contribution >= 4 is 45.9 Å². The zero-order valence-corrected chi connectivity index (χ0v) is 36.1. The van der Waals surface area contributed by atoms with Crippen molar-refractivity contribution in [3.63, 3.8) is 0 Å². The van der Waals surface area contributed by atoms with E-state index in [2.05, 4.69) is 41.5 Å². The molecule has 0 fully saturated rings. The van der Waals surface area contributed by atoms with Crippen LogP contribution in [0.5, 0.6) is 0 Å². The second-order valence-electron chi connectivity index (χ2n) is 14.7. The zero-order valence-electron chi connectivity index (χ0n) is 32.7. The summed E-state index contributed by atoms with van der Waals surface area (Å²) in [7, 11) is 0. The van der Waals surface area contributed by atoms with Crippen LogP contribution in [0.3, 0.4) is 0 Å². The maximum atomic E-state index is 13.2. The van der Waals surface area contributed by atoms with Crippen LogP contribution in [-0.2, 0) is 30.4 Å². The SMILES string of the molecule is CCCCCCCCCCCC(=O)[O][Bi]([O]C(=O)CCCCCCCCCCC)([O]C(=O)CCCCC(C)C)[O]C(=O)CCCCC(C)C. The summed E-state index contributed by atoms with van der Waals surface area (Å²) < 4.78 is 23.0. The molecule has 0 aliphatic heterocycles. The summed E-state index contributed by atoms with van der Waals surface area (Å²) in [4.78, 5) is 52.5. The van der Waals surface area contributed by atoms with E-state index in [1.54, 1.807) is 0 Å². The van der Waals surface area contributed by atoms with E-state index in [4.69, 9.17) is 11.3 Å². The van der Waals surface area contributed by atoms with Gasteiger partial charge in [0.2, 0.25) is 0 Å². The van der Waals surface area contributed by atoms with Crippen molar-refractivity contribution in [1.29, 1.82) is 0 Å². The van der Waals surface area contributed by atoms with Gasteiger partial charge in [0.05, 0.1) is 0 Å². The van der Waals surface area contributed by atoms with Gasteiger partial charge < -0.3 is 0 Å². The Morgan fingerprint density at radius 3 is 0.837 bits per heavy atom. The van der Waals surface area contributed by atoms with Crippen LogP contribution in [0.1, 0.15) is 221 Å². The van der Waals surface area contributed by atoms with E-state index in [0.29, 0.717) is 37.5 Å². The Morgan fingerprint density at radius 2 is 0.592 bits per heavy atom. The zero-order chi connectivity index (χ0) is 36.6. The van der Waals surface area contributed by atoms with Gasteiger partial charge in [-0.05, 0) is 0 Å². The third kappa shape index (κ3) is 31.2. The molecule has 49 heavy (non-hydrogen) atoms. The van der Waals surface area contributed by atoms with Gasteiger partial charge in [-0.2, -0.15) is 0 Å². The van der Waals surface area contributed by atoms with Crippen LogP contribution >= 0.6 is 0 Å². The quantitative estimate of drug-likeness (QED) is 0.0465. The molecule has 0 heterocycles. The van der Waals surface area contributed by atoms with E-state index in [0.717, 1.165) is 64.2 Å². The molecule has 0 aromatic carbocycles. The first-order valence-corrected chi connectivity index (χ1v) is 26.0. The van der Waals surface area contributed by atoms with Crippen molar-refractivity contribution in [1.82, 2.24) is 0 Å². The van der Waals surface area contributed by atoms with E-state index >= 15 is 0 Å².